The molecule has 1 aliphatic carbocycles. The number of urea groups is 1. The fourth-order valence-corrected chi connectivity index (χ4v) is 4.26. The summed E-state index contributed by atoms with van der Waals surface area (Å²) in [6, 6.07) is -0.515. The normalized spacial score (nSPS) is 14.6. The van der Waals surface area contributed by atoms with Crippen LogP contribution >= 0.6 is 11.3 Å². The maximum Gasteiger partial charge on any atom is 0.349 e. The number of nitrogens with one attached hydrogen (secondary N) is 2. The summed E-state index contributed by atoms with van der Waals surface area (Å²) in [4.78, 5) is 53.0. The Balaban J connectivity index is 1.56. The van der Waals surface area contributed by atoms with Gasteiger partial charge in [0.2, 0.25) is 0 Å². The van der Waals surface area contributed by atoms with Crippen molar-refractivity contribution in [1.29, 1.82) is 0 Å². The van der Waals surface area contributed by atoms with Crippen LogP contribution in [-0.4, -0.2) is 40.1 Å². The number of amides is 3. The molecule has 28 heavy (non-hydrogen) atoms. The molecule has 0 unspecified atom stereocenters. The van der Waals surface area contributed by atoms with Gasteiger partial charge in [0, 0.05) is 13.1 Å². The zero-order valence-corrected chi connectivity index (χ0v) is 16.6. The summed E-state index contributed by atoms with van der Waals surface area (Å²) in [6.45, 7) is 1.05. The molecule has 2 aromatic heterocycles. The summed E-state index contributed by atoms with van der Waals surface area (Å²) in [5.74, 6) is -1.44. The number of hydrogen-bond acceptors (Lipinski definition) is 7. The highest BCUT2D eigenvalue weighted by atomic mass is 32.1. The molecule has 1 fully saturated rings. The number of esters is 1. The number of thiophene rings is 1. The quantitative estimate of drug-likeness (QED) is 0.745. The number of hydrogen-bond donors (Lipinski definition) is 2. The number of aryl methyl sites for hydroxylation is 2. The van der Waals surface area contributed by atoms with Gasteiger partial charge in [-0.2, -0.15) is 0 Å². The van der Waals surface area contributed by atoms with Crippen molar-refractivity contribution in [3.63, 3.8) is 0 Å². The van der Waals surface area contributed by atoms with Crippen molar-refractivity contribution in [2.45, 2.75) is 45.1 Å². The van der Waals surface area contributed by atoms with Crippen LogP contribution in [0.1, 0.15) is 47.3 Å². The zero-order chi connectivity index (χ0) is 20.3. The predicted molar refractivity (Wildman–Crippen MR) is 103 cm³/mol. The molecule has 150 valence electrons. The van der Waals surface area contributed by atoms with Crippen molar-refractivity contribution in [2.24, 2.45) is 7.05 Å². The number of carbonyl (C=O) groups excluding carboxylic acids is 3. The van der Waals surface area contributed by atoms with E-state index in [2.05, 4.69) is 15.6 Å². The van der Waals surface area contributed by atoms with Gasteiger partial charge in [0.25, 0.3) is 11.5 Å². The van der Waals surface area contributed by atoms with Crippen LogP contribution in [0.3, 0.4) is 0 Å². The lowest BCUT2D eigenvalue weighted by Crippen LogP contribution is -2.46. The first-order valence-corrected chi connectivity index (χ1v) is 9.90. The Hall–Kier alpha value is -2.75. The fourth-order valence-electron chi connectivity index (χ4n) is 3.23. The highest BCUT2D eigenvalue weighted by Gasteiger charge is 2.22. The monoisotopic (exact) mass is 406 g/mol. The second-order valence-corrected chi connectivity index (χ2v) is 7.83. The SMILES string of the molecule is Cc1c(C(=O)OCC(=O)NC(=O)NC2CCCCC2)sc2ncn(C)c(=O)c12. The molecule has 0 atom stereocenters. The Morgan fingerprint density at radius 2 is 2.00 bits per heavy atom. The number of rotatable bonds is 4. The summed E-state index contributed by atoms with van der Waals surface area (Å²) in [6.07, 6.45) is 6.46. The van der Waals surface area contributed by atoms with E-state index in [4.69, 9.17) is 4.74 Å². The molecule has 1 aliphatic rings. The van der Waals surface area contributed by atoms with Crippen LogP contribution in [0.4, 0.5) is 4.79 Å². The molecule has 2 heterocycles. The number of ether oxygens (including phenoxy) is 1. The van der Waals surface area contributed by atoms with Crippen molar-refractivity contribution in [3.8, 4) is 0 Å². The van der Waals surface area contributed by atoms with E-state index in [0.717, 1.165) is 43.4 Å². The van der Waals surface area contributed by atoms with E-state index in [1.165, 1.54) is 10.9 Å². The molecule has 10 heteroatoms. The first-order chi connectivity index (χ1) is 13.4. The van der Waals surface area contributed by atoms with Gasteiger partial charge >= 0.3 is 12.0 Å². The Morgan fingerprint density at radius 1 is 1.29 bits per heavy atom. The second-order valence-electron chi connectivity index (χ2n) is 6.83. The molecule has 0 radical (unpaired) electrons. The highest BCUT2D eigenvalue weighted by molar-refractivity contribution is 7.20. The van der Waals surface area contributed by atoms with E-state index in [-0.39, 0.29) is 16.5 Å². The molecule has 0 aliphatic heterocycles. The van der Waals surface area contributed by atoms with Gasteiger partial charge < -0.3 is 14.6 Å². The molecule has 0 aromatic carbocycles. The lowest BCUT2D eigenvalue weighted by Gasteiger charge is -2.22. The van der Waals surface area contributed by atoms with Gasteiger partial charge in [0.15, 0.2) is 6.61 Å². The van der Waals surface area contributed by atoms with Crippen molar-refractivity contribution in [1.82, 2.24) is 20.2 Å². The summed E-state index contributed by atoms with van der Waals surface area (Å²) in [5.41, 5.74) is 0.212. The molecule has 0 spiro atoms. The minimum Gasteiger partial charge on any atom is -0.451 e. The van der Waals surface area contributed by atoms with E-state index >= 15 is 0 Å². The van der Waals surface area contributed by atoms with Gasteiger partial charge in [-0.25, -0.2) is 14.6 Å². The van der Waals surface area contributed by atoms with Gasteiger partial charge in [-0.3, -0.25) is 14.9 Å². The maximum atomic E-state index is 12.3. The lowest BCUT2D eigenvalue weighted by molar-refractivity contribution is -0.123. The van der Waals surface area contributed by atoms with E-state index in [1.54, 1.807) is 14.0 Å². The Bertz CT molecular complexity index is 974. The first-order valence-electron chi connectivity index (χ1n) is 9.09. The topological polar surface area (TPSA) is 119 Å². The van der Waals surface area contributed by atoms with Gasteiger partial charge in [-0.1, -0.05) is 19.3 Å². The Kier molecular flexibility index (Phi) is 6.08. The fraction of sp³-hybridized carbons (Fsp3) is 0.500. The molecule has 3 rings (SSSR count). The molecule has 1 saturated carbocycles. The standard InChI is InChI=1S/C18H22N4O5S/c1-10-13-15(19-9-22(2)16(13)24)28-14(10)17(25)27-8-12(23)21-18(26)20-11-6-4-3-5-7-11/h9,11H,3-8H2,1-2H3,(H2,20,21,23,26). The molecule has 0 bridgehead atoms. The van der Waals surface area contributed by atoms with E-state index in [0.29, 0.717) is 15.8 Å². The summed E-state index contributed by atoms with van der Waals surface area (Å²) < 4.78 is 6.33. The minimum absolute atomic E-state index is 0.0698. The van der Waals surface area contributed by atoms with Crippen molar-refractivity contribution in [3.05, 3.63) is 27.1 Å². The average molecular weight is 406 g/mol. The molecule has 0 saturated heterocycles. The number of imide groups is 1. The van der Waals surface area contributed by atoms with E-state index in [1.807, 2.05) is 0 Å². The van der Waals surface area contributed by atoms with Crippen LogP contribution in [0.5, 0.6) is 0 Å². The van der Waals surface area contributed by atoms with Gasteiger partial charge in [0.1, 0.15) is 9.71 Å². The molecule has 2 aromatic rings. The smallest absolute Gasteiger partial charge is 0.349 e. The van der Waals surface area contributed by atoms with E-state index in [9.17, 15) is 19.2 Å². The van der Waals surface area contributed by atoms with Crippen LogP contribution in [0, 0.1) is 6.92 Å². The largest absolute Gasteiger partial charge is 0.451 e. The molecular formula is C18H22N4O5S. The number of nitrogens with zero attached hydrogens (tertiary/aromatic N) is 2. The van der Waals surface area contributed by atoms with Crippen molar-refractivity contribution >= 4 is 39.5 Å². The van der Waals surface area contributed by atoms with Crippen molar-refractivity contribution in [2.75, 3.05) is 6.61 Å². The molecule has 9 nitrogen and oxygen atoms in total. The van der Waals surface area contributed by atoms with Gasteiger partial charge in [-0.15, -0.1) is 11.3 Å². The van der Waals surface area contributed by atoms with E-state index < -0.39 is 24.5 Å². The third-order valence-electron chi connectivity index (χ3n) is 4.72. The van der Waals surface area contributed by atoms with Crippen LogP contribution in [0.2, 0.25) is 0 Å². The lowest BCUT2D eigenvalue weighted by atomic mass is 9.96. The molecular weight excluding hydrogens is 384 g/mol. The summed E-state index contributed by atoms with van der Waals surface area (Å²) in [5, 5.41) is 5.28. The number of carbonyl (C=O) groups is 3. The third kappa shape index (κ3) is 4.38. The van der Waals surface area contributed by atoms with Gasteiger partial charge in [0.05, 0.1) is 11.7 Å². The minimum atomic E-state index is -0.731. The predicted octanol–water partition coefficient (Wildman–Crippen LogP) is 1.62. The molecule has 3 amide bonds. The first kappa shape index (κ1) is 20.0. The Labute approximate surface area is 165 Å². The van der Waals surface area contributed by atoms with Crippen LogP contribution in [-0.2, 0) is 16.6 Å². The second kappa shape index (κ2) is 8.51. The average Bonchev–Trinajstić information content (AvgIpc) is 3.01. The van der Waals surface area contributed by atoms with Gasteiger partial charge in [-0.05, 0) is 25.3 Å². The maximum absolute atomic E-state index is 12.3. The third-order valence-corrected chi connectivity index (χ3v) is 5.90. The number of fused-ring (bicyclic) bond motifs is 1. The van der Waals surface area contributed by atoms with Crippen molar-refractivity contribution < 1.29 is 19.1 Å². The zero-order valence-electron chi connectivity index (χ0n) is 15.7. The van der Waals surface area contributed by atoms with Crippen LogP contribution < -0.4 is 16.2 Å². The summed E-state index contributed by atoms with van der Waals surface area (Å²) in [7, 11) is 1.58. The number of aromatic nitrogens is 2. The summed E-state index contributed by atoms with van der Waals surface area (Å²) >= 11 is 1.03. The van der Waals surface area contributed by atoms with Crippen LogP contribution in [0.15, 0.2) is 11.1 Å². The highest BCUT2D eigenvalue weighted by Crippen LogP contribution is 2.27. The molecule has 2 N–H and O–H groups in total. The Morgan fingerprint density at radius 3 is 2.71 bits per heavy atom. The van der Waals surface area contributed by atoms with Crippen LogP contribution in [0.25, 0.3) is 10.2 Å².